The van der Waals surface area contributed by atoms with Gasteiger partial charge in [-0.25, -0.2) is 5.43 Å². The first-order valence-electron chi connectivity index (χ1n) is 9.29. The van der Waals surface area contributed by atoms with Gasteiger partial charge in [-0.3, -0.25) is 14.9 Å². The Bertz CT molecular complexity index is 1090. The minimum Gasteiger partial charge on any atom is -0.459 e. The van der Waals surface area contributed by atoms with Crippen LogP contribution < -0.4 is 10.2 Å². The zero-order chi connectivity index (χ0) is 21.7. The summed E-state index contributed by atoms with van der Waals surface area (Å²) in [6.45, 7) is 5.99. The molecule has 8 heteroatoms. The molecule has 0 aliphatic heterocycles. The van der Waals surface area contributed by atoms with Gasteiger partial charge in [0, 0.05) is 11.6 Å². The molecule has 1 heterocycles. The van der Waals surface area contributed by atoms with E-state index in [1.165, 1.54) is 30.7 Å². The van der Waals surface area contributed by atoms with Crippen molar-refractivity contribution in [3.05, 3.63) is 87.4 Å². The Morgan fingerprint density at radius 3 is 2.67 bits per heavy atom. The topological polar surface area (TPSA) is 107 Å². The Kier molecular flexibility index (Phi) is 6.26. The maximum Gasteiger partial charge on any atom is 0.312 e. The van der Waals surface area contributed by atoms with Crippen LogP contribution in [0, 0.1) is 17.0 Å². The summed E-state index contributed by atoms with van der Waals surface area (Å²) in [7, 11) is 0. The lowest BCUT2D eigenvalue weighted by atomic mass is 10.0. The number of benzene rings is 2. The van der Waals surface area contributed by atoms with E-state index >= 15 is 0 Å². The predicted octanol–water partition coefficient (Wildman–Crippen LogP) is 5.18. The van der Waals surface area contributed by atoms with Gasteiger partial charge in [0.1, 0.15) is 5.75 Å². The number of hydrogen-bond acceptors (Lipinski definition) is 6. The molecule has 3 rings (SSSR count). The molecule has 0 bridgehead atoms. The number of ether oxygens (including phenoxy) is 1. The van der Waals surface area contributed by atoms with Gasteiger partial charge in [-0.1, -0.05) is 26.0 Å². The number of aryl methyl sites for hydroxylation is 1. The summed E-state index contributed by atoms with van der Waals surface area (Å²) in [5, 5.41) is 15.4. The van der Waals surface area contributed by atoms with Crippen molar-refractivity contribution in [2.45, 2.75) is 26.7 Å². The second kappa shape index (κ2) is 9.04. The van der Waals surface area contributed by atoms with Gasteiger partial charge in [0.25, 0.3) is 0 Å². The van der Waals surface area contributed by atoms with Gasteiger partial charge in [-0.15, -0.1) is 0 Å². The Labute approximate surface area is 173 Å². The average molecular weight is 407 g/mol. The van der Waals surface area contributed by atoms with Gasteiger partial charge >= 0.3 is 11.6 Å². The molecule has 0 atom stereocenters. The van der Waals surface area contributed by atoms with Gasteiger partial charge in [0.2, 0.25) is 5.75 Å². The summed E-state index contributed by atoms with van der Waals surface area (Å²) in [6.07, 6.45) is 2.68. The highest BCUT2D eigenvalue weighted by atomic mass is 16.6. The number of nitrogens with zero attached hydrogens (tertiary/aromatic N) is 2. The van der Waals surface area contributed by atoms with Crippen LogP contribution in [0.2, 0.25) is 0 Å². The number of nitrogens with one attached hydrogen (secondary N) is 1. The van der Waals surface area contributed by atoms with Crippen molar-refractivity contribution in [2.24, 2.45) is 5.10 Å². The molecule has 0 saturated heterocycles. The molecule has 3 aromatic rings. The fourth-order valence-corrected chi connectivity index (χ4v) is 2.80. The third kappa shape index (κ3) is 4.91. The Morgan fingerprint density at radius 1 is 1.20 bits per heavy atom. The van der Waals surface area contributed by atoms with E-state index in [4.69, 9.17) is 9.15 Å². The molecule has 1 N–H and O–H groups in total. The summed E-state index contributed by atoms with van der Waals surface area (Å²) < 4.78 is 10.9. The van der Waals surface area contributed by atoms with Crippen molar-refractivity contribution in [1.29, 1.82) is 0 Å². The smallest absolute Gasteiger partial charge is 0.312 e. The summed E-state index contributed by atoms with van der Waals surface area (Å²) in [6, 6.07) is 13.4. The third-order valence-corrected chi connectivity index (χ3v) is 4.32. The molecule has 1 aromatic heterocycles. The van der Waals surface area contributed by atoms with Crippen molar-refractivity contribution >= 4 is 17.8 Å². The fourth-order valence-electron chi connectivity index (χ4n) is 2.80. The second-order valence-corrected chi connectivity index (χ2v) is 6.96. The van der Waals surface area contributed by atoms with E-state index in [9.17, 15) is 14.9 Å². The Balaban J connectivity index is 1.82. The molecule has 1 amide bonds. The van der Waals surface area contributed by atoms with E-state index in [0.717, 1.165) is 11.1 Å². The highest BCUT2D eigenvalue weighted by Gasteiger charge is 2.19. The zero-order valence-electron chi connectivity index (χ0n) is 16.8. The number of amides is 1. The highest BCUT2D eigenvalue weighted by Crippen LogP contribution is 2.36. The van der Waals surface area contributed by atoms with Crippen LogP contribution in [0.15, 0.2) is 64.3 Å². The molecule has 30 heavy (non-hydrogen) atoms. The van der Waals surface area contributed by atoms with Crippen LogP contribution >= 0.6 is 0 Å². The van der Waals surface area contributed by atoms with Crippen molar-refractivity contribution < 1.29 is 18.9 Å². The molecule has 2 aromatic carbocycles. The number of hydrogen-bond donors (Lipinski definition) is 1. The highest BCUT2D eigenvalue weighted by molar-refractivity contribution is 5.92. The number of rotatable bonds is 7. The minimum absolute atomic E-state index is 0.112. The first-order chi connectivity index (χ1) is 14.3. The van der Waals surface area contributed by atoms with Gasteiger partial charge in [-0.05, 0) is 54.3 Å². The summed E-state index contributed by atoms with van der Waals surface area (Å²) >= 11 is 0. The molecule has 154 valence electrons. The molecule has 0 aliphatic carbocycles. The first-order valence-corrected chi connectivity index (χ1v) is 9.29. The maximum atomic E-state index is 11.8. The van der Waals surface area contributed by atoms with Gasteiger partial charge < -0.3 is 9.15 Å². The average Bonchev–Trinajstić information content (AvgIpc) is 3.23. The summed E-state index contributed by atoms with van der Waals surface area (Å²) in [5.74, 6) is 0.501. The number of hydrazone groups is 1. The van der Waals surface area contributed by atoms with Crippen LogP contribution in [0.4, 0.5) is 5.69 Å². The molecule has 0 fully saturated rings. The maximum absolute atomic E-state index is 11.8. The molecular weight excluding hydrogens is 386 g/mol. The van der Waals surface area contributed by atoms with E-state index in [1.807, 2.05) is 39.0 Å². The molecule has 0 unspecified atom stereocenters. The van der Waals surface area contributed by atoms with Crippen LogP contribution in [0.1, 0.15) is 47.0 Å². The zero-order valence-corrected chi connectivity index (χ0v) is 16.8. The molecule has 0 aliphatic rings. The standard InChI is InChI=1S/C22H21N3O5/c1-14(2)17-8-6-15(3)11-21(17)30-19-9-7-16(12-18(19)25(27)28)13-23-24-22(26)20-5-4-10-29-20/h4-14H,1-3H3,(H,24,26)/b23-13-. The lowest BCUT2D eigenvalue weighted by Gasteiger charge is -2.14. The van der Waals surface area contributed by atoms with E-state index in [0.29, 0.717) is 11.3 Å². The lowest BCUT2D eigenvalue weighted by molar-refractivity contribution is -0.385. The van der Waals surface area contributed by atoms with Crippen LogP contribution in [0.5, 0.6) is 11.5 Å². The van der Waals surface area contributed by atoms with Gasteiger partial charge in [0.15, 0.2) is 5.76 Å². The fraction of sp³-hybridized carbons (Fsp3) is 0.182. The third-order valence-electron chi connectivity index (χ3n) is 4.32. The molecule has 0 saturated carbocycles. The molecular formula is C22H21N3O5. The van der Waals surface area contributed by atoms with E-state index in [1.54, 1.807) is 12.1 Å². The van der Waals surface area contributed by atoms with Gasteiger partial charge in [-0.2, -0.15) is 5.10 Å². The number of nitro benzene ring substituents is 1. The van der Waals surface area contributed by atoms with Crippen molar-refractivity contribution in [3.8, 4) is 11.5 Å². The molecule has 8 nitrogen and oxygen atoms in total. The minimum atomic E-state index is -0.522. The summed E-state index contributed by atoms with van der Waals surface area (Å²) in [4.78, 5) is 22.9. The first kappa shape index (κ1) is 20.8. The number of nitro groups is 1. The number of carbonyl (C=O) groups is 1. The van der Waals surface area contributed by atoms with E-state index in [2.05, 4.69) is 10.5 Å². The van der Waals surface area contributed by atoms with Crippen LogP contribution in [-0.2, 0) is 0 Å². The van der Waals surface area contributed by atoms with Crippen LogP contribution in [0.25, 0.3) is 0 Å². The van der Waals surface area contributed by atoms with Crippen LogP contribution in [0.3, 0.4) is 0 Å². The second-order valence-electron chi connectivity index (χ2n) is 6.96. The number of furan rings is 1. The lowest BCUT2D eigenvalue weighted by Crippen LogP contribution is -2.16. The quantitative estimate of drug-likeness (QED) is 0.330. The Hall–Kier alpha value is -3.94. The van der Waals surface area contributed by atoms with Crippen molar-refractivity contribution in [2.75, 3.05) is 0 Å². The van der Waals surface area contributed by atoms with Crippen molar-refractivity contribution in [3.63, 3.8) is 0 Å². The molecule has 0 spiro atoms. The normalized spacial score (nSPS) is 11.1. The monoisotopic (exact) mass is 407 g/mol. The predicted molar refractivity (Wildman–Crippen MR) is 112 cm³/mol. The largest absolute Gasteiger partial charge is 0.459 e. The van der Waals surface area contributed by atoms with Gasteiger partial charge in [0.05, 0.1) is 17.4 Å². The van der Waals surface area contributed by atoms with Crippen molar-refractivity contribution in [1.82, 2.24) is 5.43 Å². The summed E-state index contributed by atoms with van der Waals surface area (Å²) in [5.41, 5.74) is 4.48. The van der Waals surface area contributed by atoms with Crippen LogP contribution in [-0.4, -0.2) is 17.0 Å². The van der Waals surface area contributed by atoms with E-state index < -0.39 is 10.8 Å². The van der Waals surface area contributed by atoms with E-state index in [-0.39, 0.29) is 23.1 Å². The number of carbonyl (C=O) groups excluding carboxylic acids is 1. The molecule has 0 radical (unpaired) electrons. The Morgan fingerprint density at radius 2 is 2.00 bits per heavy atom. The SMILES string of the molecule is Cc1ccc(C(C)C)c(Oc2ccc(/C=N\NC(=O)c3ccco3)cc2[N+](=O)[O-])c1.